The molecule has 0 spiro atoms. The quantitative estimate of drug-likeness (QED) is 0.852. The maximum absolute atomic E-state index is 12.9. The molecule has 1 N–H and O–H groups in total. The first-order valence-corrected chi connectivity index (χ1v) is 8.62. The summed E-state index contributed by atoms with van der Waals surface area (Å²) in [5, 5.41) is 2.04. The third-order valence-corrected chi connectivity index (χ3v) is 6.12. The van der Waals surface area contributed by atoms with Crippen molar-refractivity contribution < 1.29 is 22.8 Å². The second-order valence-corrected chi connectivity index (χ2v) is 7.86. The van der Waals surface area contributed by atoms with Gasteiger partial charge in [0, 0.05) is 17.9 Å². The van der Waals surface area contributed by atoms with E-state index < -0.39 is 33.6 Å². The molecule has 0 unspecified atom stereocenters. The third-order valence-electron chi connectivity index (χ3n) is 4.29. The fraction of sp³-hybridized carbons (Fsp3) is 0.467. The molecule has 2 atom stereocenters. The fourth-order valence-electron chi connectivity index (χ4n) is 3.06. The highest BCUT2D eigenvalue weighted by Crippen LogP contribution is 2.47. The lowest BCUT2D eigenvalue weighted by Crippen LogP contribution is -2.48. The summed E-state index contributed by atoms with van der Waals surface area (Å²) < 4.78 is 38.7. The zero-order chi connectivity index (χ0) is 17.7. The van der Waals surface area contributed by atoms with Crippen molar-refractivity contribution in [1.29, 1.82) is 0 Å². The second kappa shape index (κ2) is 5.84. The minimum atomic E-state index is -4.61. The van der Waals surface area contributed by atoms with E-state index in [9.17, 15) is 22.8 Å². The van der Waals surface area contributed by atoms with Crippen LogP contribution in [0.25, 0.3) is 0 Å². The summed E-state index contributed by atoms with van der Waals surface area (Å²) in [5.74, 6) is -0.167. The van der Waals surface area contributed by atoms with Gasteiger partial charge >= 0.3 is 6.18 Å². The number of carbonyl (C=O) groups is 2. The normalized spacial score (nSPS) is 26.6. The predicted octanol–water partition coefficient (Wildman–Crippen LogP) is 3.75. The second-order valence-electron chi connectivity index (χ2n) is 5.95. The van der Waals surface area contributed by atoms with E-state index >= 15 is 0 Å². The molecule has 130 valence electrons. The van der Waals surface area contributed by atoms with Crippen LogP contribution in [0.1, 0.15) is 25.3 Å². The summed E-state index contributed by atoms with van der Waals surface area (Å²) in [6, 6.07) is 2.52. The molecule has 0 aliphatic carbocycles. The van der Waals surface area contributed by atoms with Gasteiger partial charge in [-0.1, -0.05) is 11.6 Å². The lowest BCUT2D eigenvalue weighted by molar-refractivity contribution is -0.137. The number of nitrogens with zero attached hydrogens (tertiary/aromatic N) is 1. The molecule has 9 heteroatoms. The Bertz CT molecular complexity index is 712. The van der Waals surface area contributed by atoms with Crippen molar-refractivity contribution in [1.82, 2.24) is 4.90 Å². The highest BCUT2D eigenvalue weighted by Gasteiger charge is 2.52. The van der Waals surface area contributed by atoms with Gasteiger partial charge in [-0.15, -0.1) is 11.8 Å². The van der Waals surface area contributed by atoms with Gasteiger partial charge in [0.2, 0.25) is 11.8 Å². The largest absolute Gasteiger partial charge is 0.417 e. The number of benzene rings is 1. The number of thioether (sulfide) groups is 1. The van der Waals surface area contributed by atoms with Crippen LogP contribution in [0.15, 0.2) is 18.2 Å². The Morgan fingerprint density at radius 1 is 1.46 bits per heavy atom. The minimum absolute atomic E-state index is 0.00183. The molecular formula is C15H14ClF3N2O2S. The van der Waals surface area contributed by atoms with Gasteiger partial charge in [0.25, 0.3) is 0 Å². The number of rotatable bonds is 2. The van der Waals surface area contributed by atoms with Crippen LogP contribution in [-0.2, 0) is 15.8 Å². The van der Waals surface area contributed by atoms with E-state index in [1.807, 2.05) is 6.92 Å². The van der Waals surface area contributed by atoms with Crippen LogP contribution in [0.4, 0.5) is 18.9 Å². The molecule has 1 aromatic rings. The first kappa shape index (κ1) is 17.4. The number of carbonyl (C=O) groups excluding carboxylic acids is 2. The Morgan fingerprint density at radius 2 is 2.17 bits per heavy atom. The van der Waals surface area contributed by atoms with E-state index in [1.54, 1.807) is 4.90 Å². The van der Waals surface area contributed by atoms with Gasteiger partial charge in [-0.25, -0.2) is 0 Å². The molecule has 2 aliphatic heterocycles. The van der Waals surface area contributed by atoms with Crippen molar-refractivity contribution in [3.05, 3.63) is 28.8 Å². The zero-order valence-corrected chi connectivity index (χ0v) is 14.2. The van der Waals surface area contributed by atoms with Gasteiger partial charge in [-0.2, -0.15) is 13.2 Å². The first-order chi connectivity index (χ1) is 11.1. The molecule has 0 aromatic heterocycles. The Balaban J connectivity index is 1.80. The summed E-state index contributed by atoms with van der Waals surface area (Å²) >= 11 is 7.09. The van der Waals surface area contributed by atoms with Gasteiger partial charge in [-0.05, 0) is 31.5 Å². The topological polar surface area (TPSA) is 49.4 Å². The maximum atomic E-state index is 12.9. The average molecular weight is 379 g/mol. The number of amides is 2. The van der Waals surface area contributed by atoms with E-state index in [-0.39, 0.29) is 11.6 Å². The molecule has 2 heterocycles. The van der Waals surface area contributed by atoms with Crippen molar-refractivity contribution in [2.24, 2.45) is 0 Å². The maximum Gasteiger partial charge on any atom is 0.417 e. The SMILES string of the molecule is C[C@]12CCC(=O)N1[C@H](C(=O)Nc1ccc(Cl)c(C(F)(F)F)c1)CS2. The van der Waals surface area contributed by atoms with Crippen LogP contribution < -0.4 is 5.32 Å². The van der Waals surface area contributed by atoms with Gasteiger partial charge < -0.3 is 10.2 Å². The Hall–Kier alpha value is -1.41. The van der Waals surface area contributed by atoms with Crippen LogP contribution >= 0.6 is 23.4 Å². The molecule has 2 amide bonds. The molecule has 0 saturated carbocycles. The molecule has 0 radical (unpaired) electrons. The zero-order valence-electron chi connectivity index (χ0n) is 12.6. The highest BCUT2D eigenvalue weighted by atomic mass is 35.5. The molecule has 4 nitrogen and oxygen atoms in total. The average Bonchev–Trinajstić information content (AvgIpc) is 2.97. The number of anilines is 1. The van der Waals surface area contributed by atoms with Gasteiger partial charge in [-0.3, -0.25) is 9.59 Å². The van der Waals surface area contributed by atoms with Crippen LogP contribution in [-0.4, -0.2) is 33.4 Å². The highest BCUT2D eigenvalue weighted by molar-refractivity contribution is 8.01. The molecule has 1 aromatic carbocycles. The summed E-state index contributed by atoms with van der Waals surface area (Å²) in [6.45, 7) is 1.90. The third kappa shape index (κ3) is 2.97. The monoisotopic (exact) mass is 378 g/mol. The van der Waals surface area contributed by atoms with Crippen molar-refractivity contribution in [3.63, 3.8) is 0 Å². The summed E-state index contributed by atoms with van der Waals surface area (Å²) in [4.78, 5) is 25.6. The van der Waals surface area contributed by atoms with E-state index in [2.05, 4.69) is 5.32 Å². The predicted molar refractivity (Wildman–Crippen MR) is 85.8 cm³/mol. The number of halogens is 4. The van der Waals surface area contributed by atoms with Gasteiger partial charge in [0.15, 0.2) is 0 Å². The van der Waals surface area contributed by atoms with Gasteiger partial charge in [0.05, 0.1) is 15.5 Å². The van der Waals surface area contributed by atoms with E-state index in [0.717, 1.165) is 12.1 Å². The molecule has 2 saturated heterocycles. The van der Waals surface area contributed by atoms with Crippen molar-refractivity contribution in [2.75, 3.05) is 11.1 Å². The number of hydrogen-bond acceptors (Lipinski definition) is 3. The van der Waals surface area contributed by atoms with E-state index in [4.69, 9.17) is 11.6 Å². The van der Waals surface area contributed by atoms with Crippen LogP contribution in [0, 0.1) is 0 Å². The summed E-state index contributed by atoms with van der Waals surface area (Å²) in [7, 11) is 0. The Labute approximate surface area is 145 Å². The lowest BCUT2D eigenvalue weighted by Gasteiger charge is -2.29. The number of alkyl halides is 3. The standard InChI is InChI=1S/C15H14ClF3N2O2S/c1-14-5-4-12(22)21(14)11(7-24-14)13(23)20-8-2-3-10(16)9(6-8)15(17,18)19/h2-3,6,11H,4-5,7H2,1H3,(H,20,23)/t11-,14-/m0/s1. The number of fused-ring (bicyclic) bond motifs is 1. The molecular weight excluding hydrogens is 365 g/mol. The molecule has 0 bridgehead atoms. The van der Waals surface area contributed by atoms with Crippen molar-refractivity contribution in [2.45, 2.75) is 36.9 Å². The van der Waals surface area contributed by atoms with Crippen molar-refractivity contribution >= 4 is 40.9 Å². The summed E-state index contributed by atoms with van der Waals surface area (Å²) in [6.07, 6.45) is -3.56. The van der Waals surface area contributed by atoms with Gasteiger partial charge in [0.1, 0.15) is 6.04 Å². The van der Waals surface area contributed by atoms with E-state index in [0.29, 0.717) is 18.6 Å². The number of nitrogens with one attached hydrogen (secondary N) is 1. The van der Waals surface area contributed by atoms with Crippen molar-refractivity contribution in [3.8, 4) is 0 Å². The molecule has 3 rings (SSSR count). The molecule has 24 heavy (non-hydrogen) atoms. The summed E-state index contributed by atoms with van der Waals surface area (Å²) in [5.41, 5.74) is -1.01. The first-order valence-electron chi connectivity index (χ1n) is 7.25. The Kier molecular flexibility index (Phi) is 4.24. The minimum Gasteiger partial charge on any atom is -0.324 e. The smallest absolute Gasteiger partial charge is 0.324 e. The fourth-order valence-corrected chi connectivity index (χ4v) is 4.72. The van der Waals surface area contributed by atoms with Crippen LogP contribution in [0.5, 0.6) is 0 Å². The molecule has 2 aliphatic rings. The number of hydrogen-bond donors (Lipinski definition) is 1. The van der Waals surface area contributed by atoms with E-state index in [1.165, 1.54) is 17.8 Å². The van der Waals surface area contributed by atoms with Crippen LogP contribution in [0.2, 0.25) is 5.02 Å². The van der Waals surface area contributed by atoms with Crippen LogP contribution in [0.3, 0.4) is 0 Å². The Morgan fingerprint density at radius 3 is 2.83 bits per heavy atom. The lowest BCUT2D eigenvalue weighted by atomic mass is 10.1. The molecule has 2 fully saturated rings.